The predicted molar refractivity (Wildman–Crippen MR) is 109 cm³/mol. The molecule has 4 rings (SSSR count). The third-order valence-electron chi connectivity index (χ3n) is 6.10. The normalized spacial score (nSPS) is 17.8. The Morgan fingerprint density at radius 2 is 2.00 bits per heavy atom. The van der Waals surface area contributed by atoms with Gasteiger partial charge in [0.05, 0.1) is 17.3 Å². The number of aromatic nitrogens is 3. The Kier molecular flexibility index (Phi) is 5.09. The Labute approximate surface area is 169 Å². The molecule has 1 aliphatic heterocycles. The van der Waals surface area contributed by atoms with Crippen LogP contribution in [0.2, 0.25) is 0 Å². The first-order valence-electron chi connectivity index (χ1n) is 9.85. The Morgan fingerprint density at radius 1 is 1.25 bits per heavy atom. The van der Waals surface area contributed by atoms with Gasteiger partial charge in [-0.3, -0.25) is 4.79 Å². The number of likely N-dealkylation sites (tertiary alicyclic amines) is 1. The second-order valence-electron chi connectivity index (χ2n) is 7.89. The molecular formula is C20H27N5O2S. The largest absolute Gasteiger partial charge is 0.395 e. The molecule has 150 valence electrons. The van der Waals surface area contributed by atoms with Crippen molar-refractivity contribution < 1.29 is 9.90 Å². The number of rotatable bonds is 4. The first-order chi connectivity index (χ1) is 13.4. The zero-order chi connectivity index (χ0) is 19.9. The first kappa shape index (κ1) is 19.3. The van der Waals surface area contributed by atoms with Crippen LogP contribution in [-0.4, -0.2) is 64.2 Å². The molecule has 0 aromatic carbocycles. The number of hydrogen-bond acceptors (Lipinski definition) is 7. The molecule has 28 heavy (non-hydrogen) atoms. The minimum absolute atomic E-state index is 0.0343. The van der Waals surface area contributed by atoms with E-state index in [1.165, 1.54) is 16.9 Å². The fourth-order valence-corrected chi connectivity index (χ4v) is 5.14. The summed E-state index contributed by atoms with van der Waals surface area (Å²) in [5.74, 6) is 1.76. The van der Waals surface area contributed by atoms with Crippen LogP contribution in [-0.2, 0) is 11.8 Å². The van der Waals surface area contributed by atoms with Crippen LogP contribution in [0.1, 0.15) is 51.8 Å². The number of anilines is 1. The molecule has 0 atom stereocenters. The lowest BCUT2D eigenvalue weighted by Crippen LogP contribution is -2.44. The number of likely N-dealkylation sites (N-methyl/N-ethyl adjacent to an activating group) is 1. The molecule has 1 N–H and O–H groups in total. The molecule has 0 radical (unpaired) electrons. The second-order valence-corrected chi connectivity index (χ2v) is 8.95. The van der Waals surface area contributed by atoms with Gasteiger partial charge >= 0.3 is 0 Å². The van der Waals surface area contributed by atoms with Gasteiger partial charge in [0.1, 0.15) is 17.3 Å². The predicted octanol–water partition coefficient (Wildman–Crippen LogP) is 2.10. The molecule has 1 aliphatic carbocycles. The smallest absolute Gasteiger partial charge is 0.273 e. The van der Waals surface area contributed by atoms with Gasteiger partial charge in [0.25, 0.3) is 5.91 Å². The summed E-state index contributed by atoms with van der Waals surface area (Å²) in [6.07, 6.45) is 3.86. The van der Waals surface area contributed by atoms with Gasteiger partial charge < -0.3 is 14.9 Å². The van der Waals surface area contributed by atoms with Crippen LogP contribution in [0.15, 0.2) is 5.38 Å². The van der Waals surface area contributed by atoms with Crippen molar-refractivity contribution in [2.24, 2.45) is 0 Å². The number of piperidine rings is 1. The molecule has 1 fully saturated rings. The molecular weight excluding hydrogens is 374 g/mol. The van der Waals surface area contributed by atoms with E-state index in [1.807, 2.05) is 36.1 Å². The van der Waals surface area contributed by atoms with Gasteiger partial charge in [0.15, 0.2) is 0 Å². The lowest BCUT2D eigenvalue weighted by atomic mass is 9.76. The van der Waals surface area contributed by atoms with Gasteiger partial charge in [0, 0.05) is 43.0 Å². The van der Waals surface area contributed by atoms with Crippen molar-refractivity contribution >= 4 is 23.1 Å². The van der Waals surface area contributed by atoms with Crippen LogP contribution in [0.4, 0.5) is 5.82 Å². The van der Waals surface area contributed by atoms with E-state index in [-0.39, 0.29) is 17.9 Å². The van der Waals surface area contributed by atoms with E-state index in [9.17, 15) is 9.90 Å². The molecule has 1 amide bonds. The van der Waals surface area contributed by atoms with Gasteiger partial charge in [-0.1, -0.05) is 0 Å². The number of fused-ring (bicyclic) bond motifs is 2. The number of carbonyl (C=O) groups is 1. The molecule has 2 aliphatic rings. The van der Waals surface area contributed by atoms with Gasteiger partial charge in [-0.25, -0.2) is 15.0 Å². The van der Waals surface area contributed by atoms with E-state index in [0.717, 1.165) is 61.1 Å². The highest BCUT2D eigenvalue weighted by Crippen LogP contribution is 2.47. The zero-order valence-electron chi connectivity index (χ0n) is 16.7. The van der Waals surface area contributed by atoms with Crippen molar-refractivity contribution in [2.75, 3.05) is 38.2 Å². The summed E-state index contributed by atoms with van der Waals surface area (Å²) in [6, 6.07) is 0. The van der Waals surface area contributed by atoms with E-state index < -0.39 is 0 Å². The van der Waals surface area contributed by atoms with Crippen molar-refractivity contribution in [1.82, 2.24) is 19.9 Å². The number of aliphatic hydroxyl groups excluding tert-OH is 1. The maximum absolute atomic E-state index is 12.7. The highest BCUT2D eigenvalue weighted by molar-refractivity contribution is 7.09. The molecule has 8 heteroatoms. The minimum Gasteiger partial charge on any atom is -0.395 e. The highest BCUT2D eigenvalue weighted by Gasteiger charge is 2.45. The first-order valence-corrected chi connectivity index (χ1v) is 10.7. The average Bonchev–Trinajstić information content (AvgIpc) is 3.26. The van der Waals surface area contributed by atoms with Crippen LogP contribution in [0, 0.1) is 13.8 Å². The number of carbonyl (C=O) groups excluding carboxylic acids is 1. The quantitative estimate of drug-likeness (QED) is 0.845. The summed E-state index contributed by atoms with van der Waals surface area (Å²) in [6.45, 7) is 6.00. The number of nitrogens with zero attached hydrogens (tertiary/aromatic N) is 5. The Bertz CT molecular complexity index is 889. The summed E-state index contributed by atoms with van der Waals surface area (Å²) in [5, 5.41) is 12.1. The fourth-order valence-electron chi connectivity index (χ4n) is 4.55. The van der Waals surface area contributed by atoms with Crippen LogP contribution >= 0.6 is 11.3 Å². The summed E-state index contributed by atoms with van der Waals surface area (Å²) in [5.41, 5.74) is 2.98. The van der Waals surface area contributed by atoms with Crippen LogP contribution < -0.4 is 4.90 Å². The van der Waals surface area contributed by atoms with Crippen LogP contribution in [0.5, 0.6) is 0 Å². The van der Waals surface area contributed by atoms with Crippen molar-refractivity contribution in [3.63, 3.8) is 0 Å². The summed E-state index contributed by atoms with van der Waals surface area (Å²) in [7, 11) is 1.97. The summed E-state index contributed by atoms with van der Waals surface area (Å²) < 4.78 is 0. The number of amides is 1. The maximum Gasteiger partial charge on any atom is 0.273 e. The zero-order valence-corrected chi connectivity index (χ0v) is 17.6. The number of thiazole rings is 1. The molecule has 2 aromatic heterocycles. The SMILES string of the molecule is Cc1nc(N(C)CCO)c2c(n1)C1(CC2)CCN(C(=O)c2csc(C)n2)CC1. The fraction of sp³-hybridized carbons (Fsp3) is 0.600. The van der Waals surface area contributed by atoms with Gasteiger partial charge in [-0.15, -0.1) is 11.3 Å². The topological polar surface area (TPSA) is 82.5 Å². The molecule has 2 aromatic rings. The Morgan fingerprint density at radius 3 is 2.64 bits per heavy atom. The van der Waals surface area contributed by atoms with E-state index in [4.69, 9.17) is 4.98 Å². The van der Waals surface area contributed by atoms with E-state index >= 15 is 0 Å². The third kappa shape index (κ3) is 3.28. The highest BCUT2D eigenvalue weighted by atomic mass is 32.1. The summed E-state index contributed by atoms with van der Waals surface area (Å²) >= 11 is 1.52. The van der Waals surface area contributed by atoms with Crippen molar-refractivity contribution in [1.29, 1.82) is 0 Å². The van der Waals surface area contributed by atoms with Gasteiger partial charge in [-0.05, 0) is 39.5 Å². The Balaban J connectivity index is 1.56. The number of aryl methyl sites for hydroxylation is 2. The Hall–Kier alpha value is -2.06. The van der Waals surface area contributed by atoms with E-state index in [1.54, 1.807) is 0 Å². The molecule has 0 unspecified atom stereocenters. The molecule has 0 bridgehead atoms. The standard InChI is InChI=1S/C20H27N5O2S/c1-13-21-17-15(18(22-13)24(3)10-11-26)4-5-20(17)6-8-25(9-7-20)19(27)16-12-28-14(2)23-16/h12,26H,4-11H2,1-3H3. The maximum atomic E-state index is 12.7. The monoisotopic (exact) mass is 401 g/mol. The van der Waals surface area contributed by atoms with E-state index in [2.05, 4.69) is 9.97 Å². The number of aliphatic hydroxyl groups is 1. The average molecular weight is 402 g/mol. The van der Waals surface area contributed by atoms with Gasteiger partial charge in [-0.2, -0.15) is 0 Å². The van der Waals surface area contributed by atoms with Gasteiger partial charge in [0.2, 0.25) is 0 Å². The van der Waals surface area contributed by atoms with Crippen LogP contribution in [0.3, 0.4) is 0 Å². The third-order valence-corrected chi connectivity index (χ3v) is 6.87. The summed E-state index contributed by atoms with van der Waals surface area (Å²) in [4.78, 5) is 30.6. The molecule has 1 saturated heterocycles. The van der Waals surface area contributed by atoms with Crippen molar-refractivity contribution in [3.05, 3.63) is 33.2 Å². The molecule has 7 nitrogen and oxygen atoms in total. The molecule has 1 spiro atoms. The minimum atomic E-state index is 0.0343. The van der Waals surface area contributed by atoms with Crippen molar-refractivity contribution in [2.45, 2.75) is 44.9 Å². The number of hydrogen-bond donors (Lipinski definition) is 1. The second kappa shape index (κ2) is 7.40. The van der Waals surface area contributed by atoms with E-state index in [0.29, 0.717) is 12.2 Å². The lowest BCUT2D eigenvalue weighted by molar-refractivity contribution is 0.0658. The van der Waals surface area contributed by atoms with Crippen LogP contribution in [0.25, 0.3) is 0 Å². The van der Waals surface area contributed by atoms with Crippen molar-refractivity contribution in [3.8, 4) is 0 Å². The molecule has 3 heterocycles. The molecule has 0 saturated carbocycles. The lowest BCUT2D eigenvalue weighted by Gasteiger charge is -2.39.